The average molecular weight is 715 g/mol. The first-order chi connectivity index (χ1) is 23.7. The van der Waals surface area contributed by atoms with Crippen LogP contribution in [0.4, 0.5) is 0 Å². The largest absolute Gasteiger partial charge is 0.462 e. The Kier molecular flexibility index (Phi) is 9.93. The van der Waals surface area contributed by atoms with Crippen molar-refractivity contribution in [2.45, 2.75) is 123 Å². The van der Waals surface area contributed by atoms with Crippen LogP contribution >= 0.6 is 0 Å². The van der Waals surface area contributed by atoms with E-state index in [1.807, 2.05) is 0 Å². The molecule has 1 N–H and O–H groups in total. The number of aliphatic hydroxyl groups is 1. The highest BCUT2D eigenvalue weighted by atomic mass is 16.6. The highest BCUT2D eigenvalue weighted by Gasteiger charge is 2.79. The fourth-order valence-electron chi connectivity index (χ4n) is 9.16. The fraction of sp³-hybridized carbons (Fsp3) is 0.622. The molecule has 5 rings (SSSR count). The lowest BCUT2D eigenvalue weighted by Crippen LogP contribution is -2.82. The smallest absolute Gasteiger partial charge is 0.338 e. The molecule has 1 aromatic carbocycles. The highest BCUT2D eigenvalue weighted by Crippen LogP contribution is 2.66. The summed E-state index contributed by atoms with van der Waals surface area (Å²) >= 11 is 0. The average Bonchev–Trinajstić information content (AvgIpc) is 3.00. The normalized spacial score (nSPS) is 36.3. The van der Waals surface area contributed by atoms with Crippen LogP contribution in [0.15, 0.2) is 41.5 Å². The lowest BCUT2D eigenvalue weighted by Gasteiger charge is -2.69. The molecule has 1 aliphatic heterocycles. The van der Waals surface area contributed by atoms with Gasteiger partial charge in [0.15, 0.2) is 17.8 Å². The Bertz CT molecular complexity index is 1650. The van der Waals surface area contributed by atoms with Crippen LogP contribution < -0.4 is 0 Å². The summed E-state index contributed by atoms with van der Waals surface area (Å²) < 4.78 is 42.5. The minimum atomic E-state index is -2.19. The molecule has 51 heavy (non-hydrogen) atoms. The van der Waals surface area contributed by atoms with Crippen LogP contribution in [0, 0.1) is 16.7 Å². The van der Waals surface area contributed by atoms with Crippen LogP contribution in [-0.2, 0) is 57.1 Å². The van der Waals surface area contributed by atoms with Gasteiger partial charge in [0.2, 0.25) is 0 Å². The summed E-state index contributed by atoms with van der Waals surface area (Å²) in [4.78, 5) is 78.6. The van der Waals surface area contributed by atoms with Crippen molar-refractivity contribution in [3.63, 3.8) is 0 Å². The Morgan fingerprint density at radius 3 is 1.86 bits per heavy atom. The first kappa shape index (κ1) is 37.9. The lowest BCUT2D eigenvalue weighted by molar-refractivity contribution is -0.365. The maximum absolute atomic E-state index is 14.2. The van der Waals surface area contributed by atoms with Crippen molar-refractivity contribution < 1.29 is 67.0 Å². The Morgan fingerprint density at radius 1 is 0.765 bits per heavy atom. The summed E-state index contributed by atoms with van der Waals surface area (Å²) in [6.45, 7) is 12.2. The first-order valence-corrected chi connectivity index (χ1v) is 16.9. The monoisotopic (exact) mass is 714 g/mol. The molecule has 1 aromatic rings. The van der Waals surface area contributed by atoms with Crippen LogP contribution in [-0.4, -0.2) is 95.4 Å². The quantitative estimate of drug-likeness (QED) is 0.247. The van der Waals surface area contributed by atoms with E-state index >= 15 is 0 Å². The molecule has 2 saturated carbocycles. The molecule has 278 valence electrons. The van der Waals surface area contributed by atoms with Gasteiger partial charge in [0.25, 0.3) is 0 Å². The van der Waals surface area contributed by atoms with Gasteiger partial charge >= 0.3 is 35.8 Å². The number of esters is 6. The molecule has 1 saturated heterocycles. The molecule has 4 aliphatic rings. The van der Waals surface area contributed by atoms with E-state index in [9.17, 15) is 33.9 Å². The first-order valence-electron chi connectivity index (χ1n) is 16.9. The second-order valence-electron chi connectivity index (χ2n) is 14.7. The zero-order valence-electron chi connectivity index (χ0n) is 30.3. The number of fused-ring (bicyclic) bond motifs is 5. The van der Waals surface area contributed by atoms with Crippen molar-refractivity contribution in [2.75, 3.05) is 6.61 Å². The van der Waals surface area contributed by atoms with Crippen LogP contribution in [0.3, 0.4) is 0 Å². The number of benzene rings is 1. The van der Waals surface area contributed by atoms with Crippen LogP contribution in [0.25, 0.3) is 0 Å². The molecule has 14 heteroatoms. The van der Waals surface area contributed by atoms with E-state index in [0.717, 1.165) is 13.8 Å². The minimum absolute atomic E-state index is 0.0698. The van der Waals surface area contributed by atoms with Gasteiger partial charge in [-0.05, 0) is 30.2 Å². The summed E-state index contributed by atoms with van der Waals surface area (Å²) in [5.41, 5.74) is -6.32. The molecular formula is C37H46O14. The molecule has 5 unspecified atom stereocenters. The predicted octanol–water partition coefficient (Wildman–Crippen LogP) is 3.16. The van der Waals surface area contributed by atoms with Gasteiger partial charge in [0.1, 0.15) is 30.0 Å². The number of carbonyl (C=O) groups is 6. The lowest BCUT2D eigenvalue weighted by atomic mass is 9.44. The molecule has 0 amide bonds. The molecule has 2 bridgehead atoms. The Hall–Kier alpha value is -4.30. The predicted molar refractivity (Wildman–Crippen MR) is 174 cm³/mol. The van der Waals surface area contributed by atoms with E-state index < -0.39 is 100 Å². The van der Waals surface area contributed by atoms with Crippen LogP contribution in [0.5, 0.6) is 0 Å². The van der Waals surface area contributed by atoms with Gasteiger partial charge in [-0.15, -0.1) is 0 Å². The summed E-state index contributed by atoms with van der Waals surface area (Å²) in [7, 11) is 0. The van der Waals surface area contributed by atoms with Crippen molar-refractivity contribution >= 4 is 35.8 Å². The Morgan fingerprint density at radius 2 is 1.35 bits per heavy atom. The Balaban J connectivity index is 1.95. The maximum Gasteiger partial charge on any atom is 0.338 e. The number of hydrogen-bond donors (Lipinski definition) is 1. The summed E-state index contributed by atoms with van der Waals surface area (Å²) in [5, 5.41) is 13.5. The van der Waals surface area contributed by atoms with Crippen LogP contribution in [0.2, 0.25) is 0 Å². The summed E-state index contributed by atoms with van der Waals surface area (Å²) in [6, 6.07) is 8.02. The molecule has 14 nitrogen and oxygen atoms in total. The highest BCUT2D eigenvalue weighted by molar-refractivity contribution is 5.89. The number of hydrogen-bond acceptors (Lipinski definition) is 14. The van der Waals surface area contributed by atoms with Crippen molar-refractivity contribution in [3.05, 3.63) is 47.0 Å². The van der Waals surface area contributed by atoms with Gasteiger partial charge in [-0.25, -0.2) is 4.79 Å². The van der Waals surface area contributed by atoms with Gasteiger partial charge in [-0.3, -0.25) is 24.0 Å². The van der Waals surface area contributed by atoms with Crippen molar-refractivity contribution in [3.8, 4) is 0 Å². The second kappa shape index (κ2) is 13.4. The van der Waals surface area contributed by atoms with E-state index in [-0.39, 0.29) is 30.6 Å². The van der Waals surface area contributed by atoms with Crippen molar-refractivity contribution in [1.29, 1.82) is 0 Å². The van der Waals surface area contributed by atoms with E-state index in [0.29, 0.717) is 5.57 Å². The summed E-state index contributed by atoms with van der Waals surface area (Å²) in [5.74, 6) is -5.93. The number of ether oxygens (including phenoxy) is 7. The third-order valence-corrected chi connectivity index (χ3v) is 11.3. The van der Waals surface area contributed by atoms with Gasteiger partial charge in [0, 0.05) is 52.9 Å². The van der Waals surface area contributed by atoms with Gasteiger partial charge in [-0.2, -0.15) is 0 Å². The molecule has 0 radical (unpaired) electrons. The number of rotatable bonds is 7. The molecular weight excluding hydrogens is 668 g/mol. The fourth-order valence-corrected chi connectivity index (χ4v) is 9.16. The second-order valence-corrected chi connectivity index (χ2v) is 14.7. The molecule has 0 spiro atoms. The van der Waals surface area contributed by atoms with E-state index in [1.54, 1.807) is 45.9 Å². The van der Waals surface area contributed by atoms with Gasteiger partial charge in [0.05, 0.1) is 23.5 Å². The molecule has 10 atom stereocenters. The van der Waals surface area contributed by atoms with Gasteiger partial charge in [-0.1, -0.05) is 39.0 Å². The van der Waals surface area contributed by atoms with E-state index in [1.165, 1.54) is 32.9 Å². The SMILES string of the molecule is CC(=O)OC1C[C@@]2(O)C(OC(=O)c3ccccc3)[C@@H]3[C@@](C)(C(OC(C)=O)C[C@@H]4OC[C@]43OC(C)=O)C(OC(C)=O)C(OC(C)=O)C(=C1C)C2(C)C. The molecule has 3 aliphatic carbocycles. The van der Waals surface area contributed by atoms with Crippen molar-refractivity contribution in [1.82, 2.24) is 0 Å². The van der Waals surface area contributed by atoms with Gasteiger partial charge < -0.3 is 38.3 Å². The third kappa shape index (κ3) is 6.19. The zero-order valence-corrected chi connectivity index (χ0v) is 30.3. The minimum Gasteiger partial charge on any atom is -0.462 e. The molecule has 0 aromatic heterocycles. The number of carbonyl (C=O) groups excluding carboxylic acids is 6. The van der Waals surface area contributed by atoms with Crippen LogP contribution in [0.1, 0.15) is 85.5 Å². The summed E-state index contributed by atoms with van der Waals surface area (Å²) in [6.07, 6.45) is -8.34. The molecule has 1 heterocycles. The topological polar surface area (TPSA) is 187 Å². The van der Waals surface area contributed by atoms with E-state index in [4.69, 9.17) is 33.2 Å². The van der Waals surface area contributed by atoms with E-state index in [2.05, 4.69) is 0 Å². The maximum atomic E-state index is 14.2. The molecule has 3 fully saturated rings. The third-order valence-electron chi connectivity index (χ3n) is 11.3. The Labute approximate surface area is 296 Å². The van der Waals surface area contributed by atoms with Crippen molar-refractivity contribution in [2.24, 2.45) is 16.7 Å². The standard InChI is InChI=1S/C37H46O14/c1-18-25(46-19(2)38)16-37(44)32(50-33(43)24-13-11-10-12-14-24)30-35(9,26(47-20(3)39)15-27-36(30,17-45-27)51-23(6)42)31(49-22(5)41)29(48-21(4)40)28(18)34(37,7)8/h10-14,25-27,29-32,44H,15-17H2,1-9H3/t25?,26?,27-,29?,30+,31?,32?,35+,36-,37+/m0/s1. The zero-order chi connectivity index (χ0) is 37.8.